The molecule has 46 heavy (non-hydrogen) atoms. The maximum absolute atomic E-state index is 14.3. The number of rotatable bonds is 9. The zero-order chi connectivity index (χ0) is 33.8. The minimum atomic E-state index is -2.66. The van der Waals surface area contributed by atoms with Crippen LogP contribution in [0.3, 0.4) is 0 Å². The molecule has 2 aromatic rings. The van der Waals surface area contributed by atoms with E-state index in [9.17, 15) is 29.7 Å². The lowest BCUT2D eigenvalue weighted by Crippen LogP contribution is -2.64. The number of carbonyl (C=O) groups excluding carboxylic acids is 3. The molecule has 0 bridgehead atoms. The summed E-state index contributed by atoms with van der Waals surface area (Å²) in [5.41, 5.74) is 5.33. The van der Waals surface area contributed by atoms with Gasteiger partial charge in [-0.3, -0.25) is 19.3 Å². The van der Waals surface area contributed by atoms with Crippen LogP contribution in [0.5, 0.6) is 11.5 Å². The van der Waals surface area contributed by atoms with Crippen LogP contribution in [0.4, 0.5) is 11.4 Å². The Morgan fingerprint density at radius 1 is 1.15 bits per heavy atom. The molecule has 0 saturated heterocycles. The minimum absolute atomic E-state index is 0.0412. The number of amides is 1. The van der Waals surface area contributed by atoms with Gasteiger partial charge >= 0.3 is 0 Å². The summed E-state index contributed by atoms with van der Waals surface area (Å²) in [7, 11) is 6.92. The molecule has 0 aromatic heterocycles. The number of phenolic OH excluding ortho intramolecular Hbond substituents is 1. The number of ketones is 2. The summed E-state index contributed by atoms with van der Waals surface area (Å²) in [5, 5.41) is 38.4. The maximum Gasteiger partial charge on any atom is 0.256 e. The lowest BCUT2D eigenvalue weighted by atomic mass is 9.58. The standard InChI is InChI=1S/C33H41N5O8/c1-7-45-22-9-8-16(10-15(22)2)14-36-20-13-21(37(3)4)18-11-17-12-19-26(38(5)6)29(46-35)25(32(34)43)31(42)33(19,44)30(41)23(17)28(40)24(18)27(20)39/h8-10,13,17,19,26,36,39,41,44H,7,11-12,14,35H2,1-6H3,(H2,34,43)/t17-,19-,26-,33-/m0/s1. The molecule has 246 valence electrons. The van der Waals surface area contributed by atoms with Crippen molar-refractivity contribution in [3.63, 3.8) is 0 Å². The van der Waals surface area contributed by atoms with Gasteiger partial charge in [-0.1, -0.05) is 12.1 Å². The molecule has 13 nitrogen and oxygen atoms in total. The first-order chi connectivity index (χ1) is 21.7. The van der Waals surface area contributed by atoms with Gasteiger partial charge in [0, 0.05) is 37.8 Å². The lowest BCUT2D eigenvalue weighted by molar-refractivity contribution is -0.149. The number of anilines is 2. The molecular formula is C33H41N5O8. The molecule has 0 saturated carbocycles. The van der Waals surface area contributed by atoms with E-state index in [1.54, 1.807) is 25.1 Å². The van der Waals surface area contributed by atoms with Gasteiger partial charge < -0.3 is 40.8 Å². The first-order valence-electron chi connectivity index (χ1n) is 15.0. The number of nitrogens with one attached hydrogen (secondary N) is 1. The monoisotopic (exact) mass is 635 g/mol. The Kier molecular flexibility index (Phi) is 8.53. The molecular weight excluding hydrogens is 594 g/mol. The Morgan fingerprint density at radius 3 is 2.41 bits per heavy atom. The van der Waals surface area contributed by atoms with Gasteiger partial charge in [-0.05, 0) is 75.5 Å². The van der Waals surface area contributed by atoms with Crippen molar-refractivity contribution in [3.8, 4) is 11.5 Å². The van der Waals surface area contributed by atoms with Gasteiger partial charge in [0.15, 0.2) is 17.1 Å². The van der Waals surface area contributed by atoms with Crippen LogP contribution in [0.15, 0.2) is 46.9 Å². The van der Waals surface area contributed by atoms with E-state index < -0.39 is 52.3 Å². The summed E-state index contributed by atoms with van der Waals surface area (Å²) in [4.78, 5) is 48.8. The summed E-state index contributed by atoms with van der Waals surface area (Å²) in [6.45, 7) is 4.73. The van der Waals surface area contributed by atoms with Crippen LogP contribution >= 0.6 is 0 Å². The van der Waals surface area contributed by atoms with Gasteiger partial charge in [-0.25, -0.2) is 0 Å². The number of benzene rings is 2. The number of hydrogen-bond donors (Lipinski definition) is 6. The van der Waals surface area contributed by atoms with Crippen molar-refractivity contribution in [2.45, 2.75) is 44.9 Å². The van der Waals surface area contributed by atoms with Gasteiger partial charge in [0.05, 0.1) is 23.9 Å². The smallest absolute Gasteiger partial charge is 0.256 e. The van der Waals surface area contributed by atoms with Crippen LogP contribution < -0.4 is 26.6 Å². The minimum Gasteiger partial charge on any atom is -0.508 e. The quantitative estimate of drug-likeness (QED) is 0.133. The highest BCUT2D eigenvalue weighted by Crippen LogP contribution is 2.54. The molecule has 8 N–H and O–H groups in total. The Bertz CT molecular complexity index is 1700. The molecule has 3 aliphatic rings. The second kappa shape index (κ2) is 12.0. The number of aryl methyl sites for hydroxylation is 1. The van der Waals surface area contributed by atoms with Crippen LogP contribution in [-0.4, -0.2) is 84.1 Å². The zero-order valence-electron chi connectivity index (χ0n) is 26.8. The number of fused-ring (bicyclic) bond motifs is 3. The number of primary amides is 1. The van der Waals surface area contributed by atoms with Crippen molar-refractivity contribution in [3.05, 3.63) is 69.2 Å². The van der Waals surface area contributed by atoms with Crippen molar-refractivity contribution in [2.24, 2.45) is 23.5 Å². The molecule has 3 aliphatic carbocycles. The number of ether oxygens (including phenoxy) is 1. The van der Waals surface area contributed by atoms with E-state index in [2.05, 4.69) is 5.32 Å². The second-order valence-electron chi connectivity index (χ2n) is 12.5. The van der Waals surface area contributed by atoms with Crippen molar-refractivity contribution < 1.29 is 39.3 Å². The Balaban J connectivity index is 1.61. The predicted molar refractivity (Wildman–Crippen MR) is 170 cm³/mol. The number of Topliss-reactive ketones (excluding diaryl/α,β-unsaturated/α-hetero) is 2. The third-order valence-corrected chi connectivity index (χ3v) is 9.31. The van der Waals surface area contributed by atoms with Crippen LogP contribution in [0.2, 0.25) is 0 Å². The third-order valence-electron chi connectivity index (χ3n) is 9.31. The van der Waals surface area contributed by atoms with E-state index in [-0.39, 0.29) is 35.5 Å². The van der Waals surface area contributed by atoms with E-state index >= 15 is 0 Å². The molecule has 0 heterocycles. The van der Waals surface area contributed by atoms with E-state index in [0.29, 0.717) is 30.1 Å². The van der Waals surface area contributed by atoms with Crippen molar-refractivity contribution >= 4 is 28.8 Å². The average molecular weight is 636 g/mol. The van der Waals surface area contributed by atoms with E-state index in [4.69, 9.17) is 21.2 Å². The summed E-state index contributed by atoms with van der Waals surface area (Å²) in [5.74, 6) is 0.0630. The lowest BCUT2D eigenvalue weighted by Gasteiger charge is -2.50. The topological polar surface area (TPSA) is 201 Å². The number of allylic oxidation sites excluding steroid dienone is 1. The average Bonchev–Trinajstić information content (AvgIpc) is 2.98. The molecule has 0 spiro atoms. The van der Waals surface area contributed by atoms with Gasteiger partial charge in [0.25, 0.3) is 5.91 Å². The molecule has 5 rings (SSSR count). The number of nitrogens with zero attached hydrogens (tertiary/aromatic N) is 2. The number of aromatic hydroxyl groups is 1. The highest BCUT2D eigenvalue weighted by atomic mass is 16.6. The Morgan fingerprint density at radius 2 is 1.85 bits per heavy atom. The number of hydrogen-bond acceptors (Lipinski definition) is 12. The molecule has 0 unspecified atom stereocenters. The SMILES string of the molecule is CCOc1ccc(CNc2cc(N(C)C)c3c(c2O)C(=O)C2=C(O)[C@]4(O)C(=O)C(C(N)=O)=C(ON)[C@@H](N(C)C)[C@@H]4C[C@@H]2C3)cc1C. The summed E-state index contributed by atoms with van der Waals surface area (Å²) < 4.78 is 5.63. The van der Waals surface area contributed by atoms with Crippen molar-refractivity contribution in [1.29, 1.82) is 0 Å². The highest BCUT2D eigenvalue weighted by Gasteiger charge is 2.63. The van der Waals surface area contributed by atoms with Crippen molar-refractivity contribution in [1.82, 2.24) is 4.90 Å². The van der Waals surface area contributed by atoms with E-state index in [1.807, 2.05) is 51.0 Å². The second-order valence-corrected chi connectivity index (χ2v) is 12.5. The van der Waals surface area contributed by atoms with Crippen LogP contribution in [0.25, 0.3) is 0 Å². The molecule has 1 amide bonds. The van der Waals surface area contributed by atoms with Crippen LogP contribution in [0.1, 0.15) is 40.4 Å². The first kappa shape index (κ1) is 32.8. The van der Waals surface area contributed by atoms with Gasteiger partial charge in [0.1, 0.15) is 22.8 Å². The van der Waals surface area contributed by atoms with Gasteiger partial charge in [-0.2, -0.15) is 5.90 Å². The largest absolute Gasteiger partial charge is 0.508 e. The molecule has 4 atom stereocenters. The fraction of sp³-hybridized carbons (Fsp3) is 0.424. The first-order valence-corrected chi connectivity index (χ1v) is 15.0. The number of aliphatic hydroxyl groups is 2. The molecule has 0 fully saturated rings. The number of carbonyl (C=O) groups is 3. The van der Waals surface area contributed by atoms with Crippen LogP contribution in [-0.2, 0) is 27.4 Å². The zero-order valence-corrected chi connectivity index (χ0v) is 26.8. The maximum atomic E-state index is 14.3. The molecule has 2 aromatic carbocycles. The molecule has 0 aliphatic heterocycles. The number of nitrogens with two attached hydrogens (primary N) is 2. The van der Waals surface area contributed by atoms with E-state index in [0.717, 1.165) is 16.9 Å². The number of phenols is 1. The predicted octanol–water partition coefficient (Wildman–Crippen LogP) is 1.84. The number of aliphatic hydroxyl groups excluding tert-OH is 1. The fourth-order valence-electron chi connectivity index (χ4n) is 7.27. The summed E-state index contributed by atoms with van der Waals surface area (Å²) in [6.07, 6.45) is 0.269. The van der Waals surface area contributed by atoms with Crippen molar-refractivity contribution in [2.75, 3.05) is 45.0 Å². The molecule has 0 radical (unpaired) electrons. The van der Waals surface area contributed by atoms with Crippen LogP contribution in [0, 0.1) is 18.8 Å². The Labute approximate surface area is 267 Å². The summed E-state index contributed by atoms with van der Waals surface area (Å²) >= 11 is 0. The fourth-order valence-corrected chi connectivity index (χ4v) is 7.27. The normalized spacial score (nSPS) is 24.0. The number of likely N-dealkylation sites (N-methyl/N-ethyl adjacent to an activating group) is 1. The van der Waals surface area contributed by atoms with Gasteiger partial charge in [0.2, 0.25) is 5.78 Å². The highest BCUT2D eigenvalue weighted by molar-refractivity contribution is 6.25. The van der Waals surface area contributed by atoms with E-state index in [1.165, 1.54) is 0 Å². The summed E-state index contributed by atoms with van der Waals surface area (Å²) in [6, 6.07) is 6.59. The molecule has 13 heteroatoms. The van der Waals surface area contributed by atoms with Gasteiger partial charge in [-0.15, -0.1) is 0 Å². The Hall–Kier alpha value is -4.59. The third kappa shape index (κ3) is 4.95.